The van der Waals surface area contributed by atoms with Gasteiger partial charge in [0.15, 0.2) is 0 Å². The molecule has 0 aliphatic rings. The first-order valence-electron chi connectivity index (χ1n) is 6.73. The van der Waals surface area contributed by atoms with Crippen molar-refractivity contribution in [3.8, 4) is 0 Å². The van der Waals surface area contributed by atoms with Crippen LogP contribution in [0.5, 0.6) is 0 Å². The topological polar surface area (TPSA) is 38.0 Å². The zero-order chi connectivity index (χ0) is 15.5. The molecule has 0 radical (unpaired) electrons. The molecule has 0 saturated carbocycles. The number of nitrogens with one attached hydrogen (secondary N) is 1. The Balaban J connectivity index is 2.16. The van der Waals surface area contributed by atoms with E-state index in [1.807, 2.05) is 24.3 Å². The minimum absolute atomic E-state index is 0.0717. The Kier molecular flexibility index (Phi) is 4.40. The number of anilines is 3. The number of nitrogen functional groups attached to an aromatic ring is 1. The third-order valence-corrected chi connectivity index (χ3v) is 3.15. The van der Waals surface area contributed by atoms with E-state index in [0.29, 0.717) is 5.69 Å². The summed E-state index contributed by atoms with van der Waals surface area (Å²) < 4.78 is 37.7. The monoisotopic (exact) mass is 294 g/mol. The van der Waals surface area contributed by atoms with Crippen LogP contribution in [0.25, 0.3) is 0 Å². The molecule has 0 aliphatic carbocycles. The average molecular weight is 294 g/mol. The van der Waals surface area contributed by atoms with Gasteiger partial charge in [-0.2, -0.15) is 13.2 Å². The lowest BCUT2D eigenvalue weighted by atomic mass is 10.1. The molecule has 0 aromatic heterocycles. The summed E-state index contributed by atoms with van der Waals surface area (Å²) in [5, 5.41) is 3.03. The van der Waals surface area contributed by atoms with Gasteiger partial charge in [0.2, 0.25) is 0 Å². The molecule has 5 heteroatoms. The molecule has 0 atom stereocenters. The fourth-order valence-corrected chi connectivity index (χ4v) is 2.05. The third-order valence-electron chi connectivity index (χ3n) is 3.15. The SMILES string of the molecule is CCCc1ccc(Nc2ccc(C(F)(F)F)cc2N)cc1. The maximum Gasteiger partial charge on any atom is 0.416 e. The van der Waals surface area contributed by atoms with Crippen molar-refractivity contribution in [3.05, 3.63) is 53.6 Å². The molecular weight excluding hydrogens is 277 g/mol. The van der Waals surface area contributed by atoms with Crippen LogP contribution in [0.15, 0.2) is 42.5 Å². The van der Waals surface area contributed by atoms with Crippen molar-refractivity contribution < 1.29 is 13.2 Å². The highest BCUT2D eigenvalue weighted by Gasteiger charge is 2.30. The van der Waals surface area contributed by atoms with E-state index in [4.69, 9.17) is 5.73 Å². The number of alkyl halides is 3. The van der Waals surface area contributed by atoms with Gasteiger partial charge in [-0.15, -0.1) is 0 Å². The van der Waals surface area contributed by atoms with Crippen LogP contribution in [0.2, 0.25) is 0 Å². The molecular formula is C16H17F3N2. The summed E-state index contributed by atoms with van der Waals surface area (Å²) >= 11 is 0. The van der Waals surface area contributed by atoms with E-state index in [1.54, 1.807) is 0 Å². The van der Waals surface area contributed by atoms with E-state index in [0.717, 1.165) is 30.7 Å². The summed E-state index contributed by atoms with van der Waals surface area (Å²) in [5.74, 6) is 0. The number of halogens is 3. The molecule has 0 heterocycles. The lowest BCUT2D eigenvalue weighted by Gasteiger charge is -2.13. The summed E-state index contributed by atoms with van der Waals surface area (Å²) in [6.07, 6.45) is -2.31. The van der Waals surface area contributed by atoms with Crippen LogP contribution in [0.3, 0.4) is 0 Å². The maximum atomic E-state index is 12.6. The molecule has 112 valence electrons. The minimum atomic E-state index is -4.38. The fraction of sp³-hybridized carbons (Fsp3) is 0.250. The van der Waals surface area contributed by atoms with E-state index in [1.165, 1.54) is 11.6 Å². The highest BCUT2D eigenvalue weighted by molar-refractivity contribution is 5.73. The second-order valence-electron chi connectivity index (χ2n) is 4.87. The molecule has 2 aromatic carbocycles. The quantitative estimate of drug-likeness (QED) is 0.780. The zero-order valence-electron chi connectivity index (χ0n) is 11.7. The van der Waals surface area contributed by atoms with Crippen LogP contribution >= 0.6 is 0 Å². The Morgan fingerprint density at radius 1 is 1.05 bits per heavy atom. The number of nitrogens with two attached hydrogens (primary N) is 1. The predicted molar refractivity (Wildman–Crippen MR) is 79.6 cm³/mol. The van der Waals surface area contributed by atoms with Gasteiger partial charge in [-0.1, -0.05) is 25.5 Å². The zero-order valence-corrected chi connectivity index (χ0v) is 11.7. The van der Waals surface area contributed by atoms with Crippen LogP contribution in [-0.2, 0) is 12.6 Å². The first-order valence-corrected chi connectivity index (χ1v) is 6.73. The van der Waals surface area contributed by atoms with E-state index in [2.05, 4.69) is 12.2 Å². The number of benzene rings is 2. The molecule has 0 fully saturated rings. The summed E-state index contributed by atoms with van der Waals surface area (Å²) in [7, 11) is 0. The molecule has 0 bridgehead atoms. The molecule has 21 heavy (non-hydrogen) atoms. The second kappa shape index (κ2) is 6.08. The molecule has 2 nitrogen and oxygen atoms in total. The highest BCUT2D eigenvalue weighted by atomic mass is 19.4. The molecule has 0 aliphatic heterocycles. The van der Waals surface area contributed by atoms with E-state index < -0.39 is 11.7 Å². The summed E-state index contributed by atoms with van der Waals surface area (Å²) in [4.78, 5) is 0. The fourth-order valence-electron chi connectivity index (χ4n) is 2.05. The van der Waals surface area contributed by atoms with E-state index in [9.17, 15) is 13.2 Å². The van der Waals surface area contributed by atoms with Gasteiger partial charge in [-0.3, -0.25) is 0 Å². The second-order valence-corrected chi connectivity index (χ2v) is 4.87. The maximum absolute atomic E-state index is 12.6. The van der Waals surface area contributed by atoms with Crippen molar-refractivity contribution in [2.45, 2.75) is 25.9 Å². The molecule has 0 amide bonds. The number of hydrogen-bond donors (Lipinski definition) is 2. The predicted octanol–water partition coefficient (Wildman–Crippen LogP) is 4.98. The van der Waals surface area contributed by atoms with E-state index in [-0.39, 0.29) is 5.69 Å². The van der Waals surface area contributed by atoms with Gasteiger partial charge >= 0.3 is 6.18 Å². The van der Waals surface area contributed by atoms with Crippen molar-refractivity contribution in [2.24, 2.45) is 0 Å². The molecule has 2 rings (SSSR count). The Morgan fingerprint density at radius 2 is 1.71 bits per heavy atom. The largest absolute Gasteiger partial charge is 0.416 e. The lowest BCUT2D eigenvalue weighted by molar-refractivity contribution is -0.137. The standard InChI is InChI=1S/C16H17F3N2/c1-2-3-11-4-7-13(8-5-11)21-15-9-6-12(10-14(15)20)16(17,18)19/h4-10,21H,2-3,20H2,1H3. The van der Waals surface area contributed by atoms with Gasteiger partial charge in [0.1, 0.15) is 0 Å². The highest BCUT2D eigenvalue weighted by Crippen LogP contribution is 2.33. The Labute approximate surface area is 121 Å². The van der Waals surface area contributed by atoms with Crippen molar-refractivity contribution in [1.29, 1.82) is 0 Å². The summed E-state index contributed by atoms with van der Waals surface area (Å²) in [6.45, 7) is 2.11. The van der Waals surface area contributed by atoms with Gasteiger partial charge in [-0.05, 0) is 42.3 Å². The van der Waals surface area contributed by atoms with Gasteiger partial charge in [0, 0.05) is 5.69 Å². The molecule has 0 unspecified atom stereocenters. The Morgan fingerprint density at radius 3 is 2.24 bits per heavy atom. The van der Waals surface area contributed by atoms with Crippen molar-refractivity contribution in [2.75, 3.05) is 11.1 Å². The summed E-state index contributed by atoms with van der Waals surface area (Å²) in [6, 6.07) is 11.1. The Bertz CT molecular complexity index is 604. The van der Waals surface area contributed by atoms with Gasteiger partial charge in [0.25, 0.3) is 0 Å². The van der Waals surface area contributed by atoms with Crippen LogP contribution in [0, 0.1) is 0 Å². The van der Waals surface area contributed by atoms with Crippen molar-refractivity contribution in [1.82, 2.24) is 0 Å². The summed E-state index contributed by atoms with van der Waals surface area (Å²) in [5.41, 5.74) is 7.49. The van der Waals surface area contributed by atoms with Gasteiger partial charge in [0.05, 0.1) is 16.9 Å². The molecule has 3 N–H and O–H groups in total. The number of aryl methyl sites for hydroxylation is 1. The molecule has 2 aromatic rings. The van der Waals surface area contributed by atoms with Crippen LogP contribution in [-0.4, -0.2) is 0 Å². The van der Waals surface area contributed by atoms with Crippen LogP contribution < -0.4 is 11.1 Å². The number of rotatable bonds is 4. The van der Waals surface area contributed by atoms with Crippen LogP contribution in [0.1, 0.15) is 24.5 Å². The van der Waals surface area contributed by atoms with Crippen molar-refractivity contribution in [3.63, 3.8) is 0 Å². The van der Waals surface area contributed by atoms with Crippen molar-refractivity contribution >= 4 is 17.1 Å². The third kappa shape index (κ3) is 3.90. The van der Waals surface area contributed by atoms with Crippen LogP contribution in [0.4, 0.5) is 30.2 Å². The first-order chi connectivity index (χ1) is 9.90. The minimum Gasteiger partial charge on any atom is -0.397 e. The smallest absolute Gasteiger partial charge is 0.397 e. The molecule has 0 spiro atoms. The first kappa shape index (κ1) is 15.2. The number of hydrogen-bond acceptors (Lipinski definition) is 2. The van der Waals surface area contributed by atoms with Gasteiger partial charge in [-0.25, -0.2) is 0 Å². The normalized spacial score (nSPS) is 11.4. The van der Waals surface area contributed by atoms with Gasteiger partial charge < -0.3 is 11.1 Å². The average Bonchev–Trinajstić information content (AvgIpc) is 2.42. The Hall–Kier alpha value is -2.17. The lowest BCUT2D eigenvalue weighted by Crippen LogP contribution is -2.06. The molecule has 0 saturated heterocycles. The van der Waals surface area contributed by atoms with E-state index >= 15 is 0 Å².